The summed E-state index contributed by atoms with van der Waals surface area (Å²) < 4.78 is 21.3. The first-order valence-corrected chi connectivity index (χ1v) is 7.14. The first kappa shape index (κ1) is 14.0. The molecule has 0 aliphatic carbocycles. The molecule has 2 aromatic carbocycles. The molecule has 0 saturated carbocycles. The Kier molecular flexibility index (Phi) is 3.41. The van der Waals surface area contributed by atoms with Crippen molar-refractivity contribution in [3.8, 4) is 17.2 Å². The van der Waals surface area contributed by atoms with Gasteiger partial charge in [0.15, 0.2) is 16.5 Å². The fraction of sp³-hybridized carbons (Fsp3) is 0.267. The van der Waals surface area contributed by atoms with Gasteiger partial charge in [0.25, 0.3) is 0 Å². The SMILES string of the molecule is COc1cc2cc3c(c(OC)c2cc1OC)C(=O)OC3Br. The maximum atomic E-state index is 12.0. The normalized spacial score (nSPS) is 16.6. The van der Waals surface area contributed by atoms with Crippen LogP contribution >= 0.6 is 15.9 Å². The molecule has 3 rings (SSSR count). The van der Waals surface area contributed by atoms with Gasteiger partial charge in [-0.25, -0.2) is 4.79 Å². The maximum absolute atomic E-state index is 12.0. The summed E-state index contributed by atoms with van der Waals surface area (Å²) in [7, 11) is 4.67. The average Bonchev–Trinajstić information content (AvgIpc) is 2.78. The fourth-order valence-electron chi connectivity index (χ4n) is 2.53. The summed E-state index contributed by atoms with van der Waals surface area (Å²) >= 11 is 3.34. The van der Waals surface area contributed by atoms with E-state index in [0.29, 0.717) is 22.8 Å². The van der Waals surface area contributed by atoms with Crippen molar-refractivity contribution in [2.75, 3.05) is 21.3 Å². The smallest absolute Gasteiger partial charge is 0.343 e. The number of ether oxygens (including phenoxy) is 4. The Bertz CT molecular complexity index is 741. The molecule has 110 valence electrons. The minimum absolute atomic E-state index is 0.402. The number of esters is 1. The molecule has 0 bridgehead atoms. The summed E-state index contributed by atoms with van der Waals surface area (Å²) in [6.07, 6.45) is 0. The van der Waals surface area contributed by atoms with Gasteiger partial charge in [0.05, 0.1) is 21.3 Å². The topological polar surface area (TPSA) is 54.0 Å². The number of benzene rings is 2. The highest BCUT2D eigenvalue weighted by Crippen LogP contribution is 2.46. The zero-order valence-corrected chi connectivity index (χ0v) is 13.3. The highest BCUT2D eigenvalue weighted by atomic mass is 79.9. The fourth-order valence-corrected chi connectivity index (χ4v) is 3.07. The summed E-state index contributed by atoms with van der Waals surface area (Å²) in [4.78, 5) is 12.0. The van der Waals surface area contributed by atoms with Gasteiger partial charge in [-0.2, -0.15) is 0 Å². The van der Waals surface area contributed by atoms with Gasteiger partial charge in [0.2, 0.25) is 0 Å². The lowest BCUT2D eigenvalue weighted by molar-refractivity contribution is 0.0528. The molecule has 1 heterocycles. The number of fused-ring (bicyclic) bond motifs is 2. The summed E-state index contributed by atoms with van der Waals surface area (Å²) in [5, 5.41) is 1.19. The molecule has 21 heavy (non-hydrogen) atoms. The van der Waals surface area contributed by atoms with E-state index in [4.69, 9.17) is 18.9 Å². The van der Waals surface area contributed by atoms with Gasteiger partial charge in [-0.15, -0.1) is 0 Å². The zero-order chi connectivity index (χ0) is 15.1. The number of rotatable bonds is 3. The molecule has 1 atom stereocenters. The Morgan fingerprint density at radius 2 is 1.71 bits per heavy atom. The predicted molar refractivity (Wildman–Crippen MR) is 80.7 cm³/mol. The molecule has 0 saturated heterocycles. The second-order valence-corrected chi connectivity index (χ2v) is 5.36. The van der Waals surface area contributed by atoms with E-state index in [1.807, 2.05) is 12.1 Å². The summed E-state index contributed by atoms with van der Waals surface area (Å²) in [5.41, 5.74) is 1.19. The highest BCUT2D eigenvalue weighted by Gasteiger charge is 2.34. The molecule has 0 N–H and O–H groups in total. The molecule has 0 spiro atoms. The van der Waals surface area contributed by atoms with Crippen molar-refractivity contribution in [1.29, 1.82) is 0 Å². The van der Waals surface area contributed by atoms with E-state index >= 15 is 0 Å². The van der Waals surface area contributed by atoms with Crippen LogP contribution in [-0.4, -0.2) is 27.3 Å². The quantitative estimate of drug-likeness (QED) is 0.625. The van der Waals surface area contributed by atoms with Crippen LogP contribution < -0.4 is 14.2 Å². The van der Waals surface area contributed by atoms with Crippen LogP contribution in [0.1, 0.15) is 20.9 Å². The van der Waals surface area contributed by atoms with Crippen molar-refractivity contribution in [2.45, 2.75) is 5.01 Å². The Hall–Kier alpha value is -1.95. The molecule has 2 aromatic rings. The van der Waals surface area contributed by atoms with Gasteiger partial charge in [-0.3, -0.25) is 0 Å². The largest absolute Gasteiger partial charge is 0.495 e. The highest BCUT2D eigenvalue weighted by molar-refractivity contribution is 9.09. The van der Waals surface area contributed by atoms with Gasteiger partial charge in [0, 0.05) is 10.9 Å². The maximum Gasteiger partial charge on any atom is 0.343 e. The standard InChI is InChI=1S/C15H13BrO5/c1-18-10-5-7-4-9-12(15(17)21-14(9)16)13(20-3)8(7)6-11(10)19-2/h4-6,14H,1-3H3. The van der Waals surface area contributed by atoms with Crippen LogP contribution in [0.25, 0.3) is 10.8 Å². The van der Waals surface area contributed by atoms with Gasteiger partial charge in [-0.1, -0.05) is 0 Å². The Labute approximate surface area is 129 Å². The first-order valence-electron chi connectivity index (χ1n) is 6.22. The third-order valence-corrected chi connectivity index (χ3v) is 4.17. The lowest BCUT2D eigenvalue weighted by atomic mass is 10.00. The lowest BCUT2D eigenvalue weighted by Gasteiger charge is -2.13. The van der Waals surface area contributed by atoms with Crippen LogP contribution in [0.4, 0.5) is 0 Å². The molecule has 1 unspecified atom stereocenters. The van der Waals surface area contributed by atoms with E-state index in [9.17, 15) is 4.79 Å². The van der Waals surface area contributed by atoms with E-state index in [1.54, 1.807) is 20.3 Å². The van der Waals surface area contributed by atoms with Gasteiger partial charge >= 0.3 is 5.97 Å². The van der Waals surface area contributed by atoms with Gasteiger partial charge < -0.3 is 18.9 Å². The molecule has 0 aromatic heterocycles. The third kappa shape index (κ3) is 2.01. The lowest BCUT2D eigenvalue weighted by Crippen LogP contribution is -2.00. The molecular formula is C15H13BrO5. The summed E-state index contributed by atoms with van der Waals surface area (Å²) in [6.45, 7) is 0. The van der Waals surface area contributed by atoms with Crippen LogP contribution in [0.15, 0.2) is 18.2 Å². The van der Waals surface area contributed by atoms with Crippen molar-refractivity contribution in [1.82, 2.24) is 0 Å². The van der Waals surface area contributed by atoms with Crippen LogP contribution in [0, 0.1) is 0 Å². The molecule has 1 aliphatic rings. The first-order chi connectivity index (χ1) is 10.1. The van der Waals surface area contributed by atoms with Crippen molar-refractivity contribution in [2.24, 2.45) is 0 Å². The van der Waals surface area contributed by atoms with Crippen molar-refractivity contribution in [3.63, 3.8) is 0 Å². The van der Waals surface area contributed by atoms with Crippen molar-refractivity contribution < 1.29 is 23.7 Å². The number of halogens is 1. The average molecular weight is 353 g/mol. The Morgan fingerprint density at radius 3 is 2.33 bits per heavy atom. The van der Waals surface area contributed by atoms with Gasteiger partial charge in [-0.05, 0) is 39.5 Å². The van der Waals surface area contributed by atoms with Crippen LogP contribution in [0.2, 0.25) is 0 Å². The third-order valence-electron chi connectivity index (χ3n) is 3.49. The molecule has 0 radical (unpaired) electrons. The van der Waals surface area contributed by atoms with E-state index in [-0.39, 0.29) is 0 Å². The molecule has 6 heteroatoms. The van der Waals surface area contributed by atoms with Crippen LogP contribution in [-0.2, 0) is 4.74 Å². The number of carbonyl (C=O) groups is 1. The number of methoxy groups -OCH3 is 3. The number of alkyl halides is 1. The number of hydrogen-bond acceptors (Lipinski definition) is 5. The van der Waals surface area contributed by atoms with Crippen molar-refractivity contribution in [3.05, 3.63) is 29.3 Å². The Balaban J connectivity index is 2.39. The minimum atomic E-state index is -0.466. The van der Waals surface area contributed by atoms with E-state index in [1.165, 1.54) is 7.11 Å². The molecule has 0 fully saturated rings. The second-order valence-electron chi connectivity index (χ2n) is 4.52. The number of hydrogen-bond donors (Lipinski definition) is 0. The van der Waals surface area contributed by atoms with Crippen LogP contribution in [0.3, 0.4) is 0 Å². The van der Waals surface area contributed by atoms with E-state index < -0.39 is 11.0 Å². The second kappa shape index (κ2) is 5.11. The predicted octanol–water partition coefficient (Wildman–Crippen LogP) is 3.43. The van der Waals surface area contributed by atoms with E-state index in [0.717, 1.165) is 16.3 Å². The zero-order valence-electron chi connectivity index (χ0n) is 11.7. The summed E-state index contributed by atoms with van der Waals surface area (Å²) in [5.74, 6) is 1.27. The molecular weight excluding hydrogens is 340 g/mol. The number of cyclic esters (lactones) is 1. The van der Waals surface area contributed by atoms with Gasteiger partial charge in [0.1, 0.15) is 11.3 Å². The minimum Gasteiger partial charge on any atom is -0.495 e. The molecule has 1 aliphatic heterocycles. The monoisotopic (exact) mass is 352 g/mol. The van der Waals surface area contributed by atoms with Crippen molar-refractivity contribution >= 4 is 32.7 Å². The summed E-state index contributed by atoms with van der Waals surface area (Å²) in [6, 6.07) is 5.53. The molecule has 5 nitrogen and oxygen atoms in total. The van der Waals surface area contributed by atoms with E-state index in [2.05, 4.69) is 15.9 Å². The van der Waals surface area contributed by atoms with Crippen LogP contribution in [0.5, 0.6) is 17.2 Å². The number of carbonyl (C=O) groups excluding carboxylic acids is 1. The Morgan fingerprint density at radius 1 is 1.05 bits per heavy atom. The molecule has 0 amide bonds.